The number of hydrogen-bond acceptors (Lipinski definition) is 3. The number of hydrogen-bond donors (Lipinski definition) is 3. The second-order valence-electron chi connectivity index (χ2n) is 4.05. The number of anilines is 1. The third kappa shape index (κ3) is 2.42. The van der Waals surface area contributed by atoms with Crippen molar-refractivity contribution < 1.29 is 4.79 Å². The van der Waals surface area contributed by atoms with E-state index in [4.69, 9.17) is 5.73 Å². The van der Waals surface area contributed by atoms with Crippen molar-refractivity contribution in [3.63, 3.8) is 0 Å². The van der Waals surface area contributed by atoms with Crippen LogP contribution >= 0.6 is 0 Å². The second-order valence-corrected chi connectivity index (χ2v) is 4.05. The van der Waals surface area contributed by atoms with Gasteiger partial charge in [0.05, 0.1) is 6.20 Å². The van der Waals surface area contributed by atoms with Gasteiger partial charge >= 0.3 is 0 Å². The fourth-order valence-electron chi connectivity index (χ4n) is 1.90. The van der Waals surface area contributed by atoms with E-state index in [2.05, 4.69) is 27.7 Å². The van der Waals surface area contributed by atoms with Crippen molar-refractivity contribution in [3.8, 4) is 0 Å². The van der Waals surface area contributed by atoms with E-state index in [-0.39, 0.29) is 0 Å². The summed E-state index contributed by atoms with van der Waals surface area (Å²) < 4.78 is 0. The minimum atomic E-state index is -0.459. The van der Waals surface area contributed by atoms with Crippen molar-refractivity contribution in [2.75, 3.05) is 11.9 Å². The van der Waals surface area contributed by atoms with Gasteiger partial charge in [0, 0.05) is 6.54 Å². The van der Waals surface area contributed by atoms with E-state index in [1.54, 1.807) is 0 Å². The molecule has 1 aliphatic rings. The molecule has 1 amide bonds. The fourth-order valence-corrected chi connectivity index (χ4v) is 1.90. The molecule has 0 saturated heterocycles. The molecule has 1 aromatic rings. The van der Waals surface area contributed by atoms with Crippen LogP contribution < -0.4 is 11.1 Å². The van der Waals surface area contributed by atoms with Crippen LogP contribution in [-0.2, 0) is 0 Å². The summed E-state index contributed by atoms with van der Waals surface area (Å²) in [4.78, 5) is 11.0. The first-order chi connectivity index (χ1) is 7.77. The van der Waals surface area contributed by atoms with Crippen LogP contribution in [0.1, 0.15) is 29.6 Å². The molecule has 1 unspecified atom stereocenters. The first kappa shape index (κ1) is 10.7. The van der Waals surface area contributed by atoms with Crippen LogP contribution in [-0.4, -0.2) is 22.6 Å². The third-order valence-electron chi connectivity index (χ3n) is 2.85. The summed E-state index contributed by atoms with van der Waals surface area (Å²) in [6.07, 6.45) is 9.28. The number of nitrogens with zero attached hydrogens (tertiary/aromatic N) is 1. The summed E-state index contributed by atoms with van der Waals surface area (Å²) in [5.74, 6) is 0.788. The Labute approximate surface area is 94.1 Å². The fraction of sp³-hybridized carbons (Fsp3) is 0.455. The van der Waals surface area contributed by atoms with Gasteiger partial charge in [-0.05, 0) is 25.2 Å². The zero-order chi connectivity index (χ0) is 11.4. The monoisotopic (exact) mass is 220 g/mol. The van der Waals surface area contributed by atoms with Gasteiger partial charge in [0.25, 0.3) is 5.91 Å². The van der Waals surface area contributed by atoms with Crippen molar-refractivity contribution >= 4 is 11.7 Å². The predicted octanol–water partition coefficient (Wildman–Crippen LogP) is 1.28. The number of allylic oxidation sites excluding steroid dienone is 2. The standard InChI is InChI=1S/C11H16N4O/c12-10(16)9-7-14-15-11(9)13-6-8-4-2-1-3-5-8/h1-2,7-8H,3-6H2,(H2,12,16)(H2,13,14,15). The lowest BCUT2D eigenvalue weighted by molar-refractivity contribution is 0.100. The number of carbonyl (C=O) groups excluding carboxylic acids is 1. The normalized spacial score (nSPS) is 19.6. The highest BCUT2D eigenvalue weighted by molar-refractivity contribution is 5.97. The number of aromatic nitrogens is 2. The minimum absolute atomic E-state index is 0.423. The predicted molar refractivity (Wildman–Crippen MR) is 62.1 cm³/mol. The van der Waals surface area contributed by atoms with E-state index >= 15 is 0 Å². The molecule has 0 aliphatic heterocycles. The highest BCUT2D eigenvalue weighted by atomic mass is 16.1. The van der Waals surface area contributed by atoms with E-state index in [0.717, 1.165) is 19.4 Å². The summed E-state index contributed by atoms with van der Waals surface area (Å²) in [5.41, 5.74) is 5.64. The Morgan fingerprint density at radius 3 is 3.19 bits per heavy atom. The lowest BCUT2D eigenvalue weighted by atomic mass is 9.94. The third-order valence-corrected chi connectivity index (χ3v) is 2.85. The van der Waals surface area contributed by atoms with Crippen LogP contribution in [0.15, 0.2) is 18.3 Å². The van der Waals surface area contributed by atoms with Gasteiger partial charge in [0.15, 0.2) is 0 Å². The largest absolute Gasteiger partial charge is 0.369 e. The van der Waals surface area contributed by atoms with E-state index in [1.807, 2.05) is 0 Å². The van der Waals surface area contributed by atoms with Gasteiger partial charge in [-0.15, -0.1) is 0 Å². The topological polar surface area (TPSA) is 83.8 Å². The number of carbonyl (C=O) groups is 1. The summed E-state index contributed by atoms with van der Waals surface area (Å²) in [6, 6.07) is 0. The second kappa shape index (κ2) is 4.83. The molecule has 0 spiro atoms. The Hall–Kier alpha value is -1.78. The number of H-pyrrole nitrogens is 1. The number of primary amides is 1. The lowest BCUT2D eigenvalue weighted by Gasteiger charge is -2.18. The Kier molecular flexibility index (Phi) is 3.24. The zero-order valence-electron chi connectivity index (χ0n) is 9.07. The van der Waals surface area contributed by atoms with E-state index < -0.39 is 5.91 Å². The summed E-state index contributed by atoms with van der Waals surface area (Å²) >= 11 is 0. The van der Waals surface area contributed by atoms with Gasteiger partial charge in [-0.3, -0.25) is 9.89 Å². The Morgan fingerprint density at radius 1 is 1.62 bits per heavy atom. The van der Waals surface area contributed by atoms with Crippen LogP contribution in [0.2, 0.25) is 0 Å². The van der Waals surface area contributed by atoms with Crippen molar-refractivity contribution in [2.45, 2.75) is 19.3 Å². The molecule has 0 radical (unpaired) electrons. The van der Waals surface area contributed by atoms with Crippen molar-refractivity contribution in [1.82, 2.24) is 10.2 Å². The molecule has 5 heteroatoms. The van der Waals surface area contributed by atoms with Gasteiger partial charge in [-0.25, -0.2) is 0 Å². The maximum absolute atomic E-state index is 11.0. The SMILES string of the molecule is NC(=O)c1cn[nH]c1NCC1CC=CCC1. The molecule has 0 aromatic carbocycles. The van der Waals surface area contributed by atoms with Gasteiger partial charge in [-0.1, -0.05) is 12.2 Å². The average molecular weight is 220 g/mol. The van der Waals surface area contributed by atoms with Crippen molar-refractivity contribution in [2.24, 2.45) is 11.7 Å². The van der Waals surface area contributed by atoms with Crippen LogP contribution in [0.4, 0.5) is 5.82 Å². The molecule has 0 saturated carbocycles. The first-order valence-corrected chi connectivity index (χ1v) is 5.49. The first-order valence-electron chi connectivity index (χ1n) is 5.49. The van der Waals surface area contributed by atoms with Crippen molar-refractivity contribution in [1.29, 1.82) is 0 Å². The van der Waals surface area contributed by atoms with Gasteiger partial charge in [0.1, 0.15) is 11.4 Å². The van der Waals surface area contributed by atoms with Gasteiger partial charge in [-0.2, -0.15) is 5.10 Å². The summed E-state index contributed by atoms with van der Waals surface area (Å²) in [5, 5.41) is 9.74. The van der Waals surface area contributed by atoms with Gasteiger partial charge < -0.3 is 11.1 Å². The quantitative estimate of drug-likeness (QED) is 0.668. The Morgan fingerprint density at radius 2 is 2.50 bits per heavy atom. The molecule has 0 bridgehead atoms. The molecular weight excluding hydrogens is 204 g/mol. The highest BCUT2D eigenvalue weighted by Gasteiger charge is 2.13. The minimum Gasteiger partial charge on any atom is -0.369 e. The number of nitrogens with one attached hydrogen (secondary N) is 2. The number of rotatable bonds is 4. The molecule has 4 N–H and O–H groups in total. The maximum Gasteiger partial charge on any atom is 0.254 e. The molecule has 0 fully saturated rings. The molecule has 1 atom stereocenters. The van der Waals surface area contributed by atoms with Crippen LogP contribution in [0.25, 0.3) is 0 Å². The van der Waals surface area contributed by atoms with Crippen molar-refractivity contribution in [3.05, 3.63) is 23.9 Å². The summed E-state index contributed by atoms with van der Waals surface area (Å²) in [7, 11) is 0. The molecule has 1 aromatic heterocycles. The lowest BCUT2D eigenvalue weighted by Crippen LogP contribution is -2.18. The Balaban J connectivity index is 1.91. The van der Waals surface area contributed by atoms with Crippen LogP contribution in [0.3, 0.4) is 0 Å². The molecule has 1 heterocycles. The molecule has 1 aliphatic carbocycles. The van der Waals surface area contributed by atoms with E-state index in [1.165, 1.54) is 12.6 Å². The average Bonchev–Trinajstić information content (AvgIpc) is 2.76. The van der Waals surface area contributed by atoms with E-state index in [0.29, 0.717) is 17.3 Å². The van der Waals surface area contributed by atoms with Crippen LogP contribution in [0.5, 0.6) is 0 Å². The summed E-state index contributed by atoms with van der Waals surface area (Å²) in [6.45, 7) is 0.840. The number of nitrogens with two attached hydrogens (primary N) is 1. The van der Waals surface area contributed by atoms with E-state index in [9.17, 15) is 4.79 Å². The maximum atomic E-state index is 11.0. The van der Waals surface area contributed by atoms with Gasteiger partial charge in [0.2, 0.25) is 0 Å². The number of aromatic amines is 1. The molecule has 86 valence electrons. The van der Waals surface area contributed by atoms with Crippen LogP contribution in [0, 0.1) is 5.92 Å². The Bertz CT molecular complexity index is 396. The number of amides is 1. The molecular formula is C11H16N4O. The highest BCUT2D eigenvalue weighted by Crippen LogP contribution is 2.19. The molecule has 2 rings (SSSR count). The smallest absolute Gasteiger partial charge is 0.254 e. The molecule has 5 nitrogen and oxygen atoms in total. The zero-order valence-corrected chi connectivity index (χ0v) is 9.07. The molecule has 16 heavy (non-hydrogen) atoms.